The highest BCUT2D eigenvalue weighted by atomic mass is 79.9. The van der Waals surface area contributed by atoms with Crippen LogP contribution in [-0.4, -0.2) is 43.2 Å². The van der Waals surface area contributed by atoms with Crippen LogP contribution in [0.15, 0.2) is 49.5 Å². The molecule has 0 amide bonds. The van der Waals surface area contributed by atoms with Crippen LogP contribution in [0.3, 0.4) is 0 Å². The molecule has 2 rings (SSSR count). The van der Waals surface area contributed by atoms with Crippen LogP contribution in [0, 0.1) is 10.1 Å². The van der Waals surface area contributed by atoms with Crippen LogP contribution in [-0.2, 0) is 19.1 Å². The van der Waals surface area contributed by atoms with Gasteiger partial charge in [-0.1, -0.05) is 11.6 Å². The third kappa shape index (κ3) is 8.37. The van der Waals surface area contributed by atoms with Gasteiger partial charge in [-0.05, 0) is 50.1 Å². The molecule has 0 saturated heterocycles. The second-order valence-electron chi connectivity index (χ2n) is 6.52. The monoisotopic (exact) mass is 604 g/mol. The zero-order valence-corrected chi connectivity index (χ0v) is 21.5. The number of rotatable bonds is 10. The lowest BCUT2D eigenvalue weighted by Crippen LogP contribution is -2.31. The second-order valence-corrected chi connectivity index (χ2v) is 8.63. The minimum Gasteiger partial charge on any atom is -0.464 e. The van der Waals surface area contributed by atoms with Crippen molar-refractivity contribution in [3.05, 3.63) is 54.4 Å². The summed E-state index contributed by atoms with van der Waals surface area (Å²) in [6.45, 7) is 3.66. The Labute approximate surface area is 211 Å². The van der Waals surface area contributed by atoms with Crippen LogP contribution >= 0.6 is 43.5 Å². The number of hydrogen-bond donors (Lipinski definition) is 0. The Morgan fingerprint density at radius 3 is 2.03 bits per heavy atom. The lowest BCUT2D eigenvalue weighted by atomic mass is 10.2. The number of nitrogens with zero attached hydrogens (tertiary/aromatic N) is 4. The summed E-state index contributed by atoms with van der Waals surface area (Å²) >= 11 is 12.9. The molecular weight excluding hydrogens is 588 g/mol. The number of non-ortho nitro benzene ring substituents is 1. The summed E-state index contributed by atoms with van der Waals surface area (Å²) in [5, 5.41) is 19.6. The molecule has 13 heteroatoms. The number of esters is 2. The van der Waals surface area contributed by atoms with Gasteiger partial charge >= 0.3 is 11.9 Å². The molecule has 0 radical (unpaired) electrons. The Morgan fingerprint density at radius 1 is 1.03 bits per heavy atom. The predicted molar refractivity (Wildman–Crippen MR) is 130 cm³/mol. The highest BCUT2D eigenvalue weighted by molar-refractivity contribution is 9.11. The van der Waals surface area contributed by atoms with Gasteiger partial charge in [0.25, 0.3) is 5.69 Å². The molecule has 0 saturated carbocycles. The first-order chi connectivity index (χ1) is 15.6. The Bertz CT molecular complexity index is 1040. The fourth-order valence-electron chi connectivity index (χ4n) is 2.60. The van der Waals surface area contributed by atoms with Crippen molar-refractivity contribution >= 4 is 78.1 Å². The van der Waals surface area contributed by atoms with Crippen molar-refractivity contribution in [2.45, 2.75) is 13.8 Å². The van der Waals surface area contributed by atoms with Crippen molar-refractivity contribution in [1.29, 1.82) is 0 Å². The maximum absolute atomic E-state index is 11.1. The van der Waals surface area contributed by atoms with Crippen molar-refractivity contribution in [1.82, 2.24) is 0 Å². The molecule has 0 aromatic heterocycles. The van der Waals surface area contributed by atoms with Gasteiger partial charge in [0.1, 0.15) is 24.6 Å². The van der Waals surface area contributed by atoms with Gasteiger partial charge in [0.15, 0.2) is 0 Å². The average molecular weight is 607 g/mol. The molecule has 0 unspecified atom stereocenters. The van der Waals surface area contributed by atoms with Gasteiger partial charge in [-0.15, -0.1) is 10.2 Å². The van der Waals surface area contributed by atoms with Crippen molar-refractivity contribution < 1.29 is 24.0 Å². The SMILES string of the molecule is CC(=O)OCCN(CCOC(C)=O)c1ccc(N=Nc2c(Br)cc([N+](=O)[O-])cc2Br)c(Cl)c1. The molecule has 10 nitrogen and oxygen atoms in total. The number of hydrogen-bond acceptors (Lipinski definition) is 9. The largest absolute Gasteiger partial charge is 0.464 e. The molecule has 0 atom stereocenters. The van der Waals surface area contributed by atoms with Gasteiger partial charge in [-0.25, -0.2) is 0 Å². The Morgan fingerprint density at radius 2 is 1.58 bits per heavy atom. The number of anilines is 1. The number of nitro groups is 1. The van der Waals surface area contributed by atoms with Crippen molar-refractivity contribution in [3.8, 4) is 0 Å². The maximum atomic E-state index is 11.1. The first-order valence-corrected chi connectivity index (χ1v) is 11.4. The molecule has 0 N–H and O–H groups in total. The summed E-state index contributed by atoms with van der Waals surface area (Å²) < 4.78 is 10.8. The quantitative estimate of drug-likeness (QED) is 0.138. The molecule has 33 heavy (non-hydrogen) atoms. The number of nitro benzene ring substituents is 1. The van der Waals surface area contributed by atoms with Crippen LogP contribution in [0.1, 0.15) is 13.8 Å². The normalized spacial score (nSPS) is 10.8. The summed E-state index contributed by atoms with van der Waals surface area (Å²) in [7, 11) is 0. The van der Waals surface area contributed by atoms with Crippen LogP contribution in [0.25, 0.3) is 0 Å². The van der Waals surface area contributed by atoms with E-state index in [0.29, 0.717) is 44.1 Å². The number of carbonyl (C=O) groups is 2. The zero-order valence-electron chi connectivity index (χ0n) is 17.6. The van der Waals surface area contributed by atoms with Gasteiger partial charge < -0.3 is 14.4 Å². The number of azo groups is 1. The highest BCUT2D eigenvalue weighted by Crippen LogP contribution is 2.39. The van der Waals surface area contributed by atoms with E-state index < -0.39 is 16.9 Å². The van der Waals surface area contributed by atoms with Gasteiger partial charge in [-0.3, -0.25) is 19.7 Å². The first-order valence-electron chi connectivity index (χ1n) is 9.45. The van der Waals surface area contributed by atoms with Gasteiger partial charge in [0.05, 0.1) is 32.0 Å². The third-order valence-corrected chi connectivity index (χ3v) is 5.61. The maximum Gasteiger partial charge on any atom is 0.302 e. The molecule has 2 aromatic rings. The molecule has 0 heterocycles. The molecule has 0 fully saturated rings. The van der Waals surface area contributed by atoms with E-state index in [2.05, 4.69) is 42.1 Å². The van der Waals surface area contributed by atoms with Crippen LogP contribution in [0.2, 0.25) is 5.02 Å². The van der Waals surface area contributed by atoms with E-state index in [9.17, 15) is 19.7 Å². The minimum atomic E-state index is -0.513. The molecule has 0 aliphatic heterocycles. The number of ether oxygens (including phenoxy) is 2. The molecular formula is C20H19Br2ClN4O6. The minimum absolute atomic E-state index is 0.0994. The topological polar surface area (TPSA) is 124 Å². The zero-order chi connectivity index (χ0) is 24.5. The van der Waals surface area contributed by atoms with Crippen molar-refractivity contribution in [2.75, 3.05) is 31.2 Å². The Balaban J connectivity index is 2.22. The molecule has 0 aliphatic rings. The van der Waals surface area contributed by atoms with E-state index in [0.717, 1.165) is 0 Å². The summed E-state index contributed by atoms with van der Waals surface area (Å²) in [5.74, 6) is -0.792. The summed E-state index contributed by atoms with van der Waals surface area (Å²) in [6.07, 6.45) is 0. The number of benzene rings is 2. The molecule has 0 aliphatic carbocycles. The summed E-state index contributed by atoms with van der Waals surface area (Å²) in [4.78, 5) is 34.4. The number of halogens is 3. The summed E-state index contributed by atoms with van der Waals surface area (Å²) in [6, 6.07) is 7.72. The highest BCUT2D eigenvalue weighted by Gasteiger charge is 2.15. The fraction of sp³-hybridized carbons (Fsp3) is 0.300. The van der Waals surface area contributed by atoms with E-state index in [4.69, 9.17) is 21.1 Å². The lowest BCUT2D eigenvalue weighted by Gasteiger charge is -2.24. The average Bonchev–Trinajstić information content (AvgIpc) is 2.72. The first kappa shape index (κ1) is 26.7. The smallest absolute Gasteiger partial charge is 0.302 e. The predicted octanol–water partition coefficient (Wildman–Crippen LogP) is 6.12. The van der Waals surface area contributed by atoms with Crippen LogP contribution < -0.4 is 4.90 Å². The Kier molecular flexibility index (Phi) is 10.2. The Hall–Kier alpha value is -2.57. The summed E-state index contributed by atoms with van der Waals surface area (Å²) in [5.41, 5.74) is 1.34. The van der Waals surface area contributed by atoms with E-state index in [1.54, 1.807) is 18.2 Å². The van der Waals surface area contributed by atoms with Gasteiger partial charge in [0, 0.05) is 31.7 Å². The van der Waals surface area contributed by atoms with Crippen molar-refractivity contribution in [2.24, 2.45) is 10.2 Å². The third-order valence-electron chi connectivity index (χ3n) is 4.10. The van der Waals surface area contributed by atoms with E-state index in [-0.39, 0.29) is 18.9 Å². The van der Waals surface area contributed by atoms with Crippen LogP contribution in [0.4, 0.5) is 22.7 Å². The molecule has 176 valence electrons. The lowest BCUT2D eigenvalue weighted by molar-refractivity contribution is -0.385. The molecule has 0 spiro atoms. The van der Waals surface area contributed by atoms with Gasteiger partial charge in [-0.2, -0.15) is 0 Å². The standard InChI is InChI=1S/C20H19Br2ClN4O6/c1-12(28)32-7-5-26(6-8-33-13(2)29)14-3-4-19(18(23)11-14)24-25-20-16(21)9-15(27(30)31)10-17(20)22/h3-4,9-11H,5-8H2,1-2H3. The van der Waals surface area contributed by atoms with E-state index in [1.165, 1.54) is 26.0 Å². The fourth-order valence-corrected chi connectivity index (χ4v) is 4.13. The van der Waals surface area contributed by atoms with Crippen LogP contribution in [0.5, 0.6) is 0 Å². The van der Waals surface area contributed by atoms with E-state index >= 15 is 0 Å². The molecule has 2 aromatic carbocycles. The van der Waals surface area contributed by atoms with Crippen molar-refractivity contribution in [3.63, 3.8) is 0 Å². The van der Waals surface area contributed by atoms with E-state index in [1.807, 2.05) is 4.90 Å². The second kappa shape index (κ2) is 12.6. The number of carbonyl (C=O) groups excluding carboxylic acids is 2. The molecule has 0 bridgehead atoms. The van der Waals surface area contributed by atoms with Gasteiger partial charge in [0.2, 0.25) is 0 Å².